The molecule has 1 aromatic carbocycles. The predicted molar refractivity (Wildman–Crippen MR) is 73.7 cm³/mol. The second-order valence-corrected chi connectivity index (χ2v) is 7.30. The molecule has 106 valence electrons. The van der Waals surface area contributed by atoms with Gasteiger partial charge in [0.05, 0.1) is 4.90 Å². The summed E-state index contributed by atoms with van der Waals surface area (Å²) in [7, 11) is -1.30. The minimum atomic E-state index is -3.26. The van der Waals surface area contributed by atoms with E-state index in [-0.39, 0.29) is 16.7 Å². The summed E-state index contributed by atoms with van der Waals surface area (Å²) in [6, 6.07) is 4.49. The second-order valence-electron chi connectivity index (χ2n) is 5.29. The molecule has 5 nitrogen and oxygen atoms in total. The molecule has 19 heavy (non-hydrogen) atoms. The van der Waals surface area contributed by atoms with Crippen LogP contribution in [0.3, 0.4) is 0 Å². The zero-order chi connectivity index (χ0) is 14.2. The number of sulfone groups is 1. The molecule has 0 saturated carbocycles. The van der Waals surface area contributed by atoms with Gasteiger partial charge in [-0.25, -0.2) is 8.42 Å². The smallest absolute Gasteiger partial charge is 0.175 e. The maximum atomic E-state index is 11.6. The summed E-state index contributed by atoms with van der Waals surface area (Å²) < 4.78 is 23.2. The van der Waals surface area contributed by atoms with Crippen LogP contribution in [0, 0.1) is 5.92 Å². The Hall–Kier alpha value is -1.11. The van der Waals surface area contributed by atoms with Gasteiger partial charge in [0.25, 0.3) is 0 Å². The number of nitrogens with zero attached hydrogens (tertiary/aromatic N) is 1. The number of phenolic OH excluding ortho intramolecular Hbond substituents is 1. The van der Waals surface area contributed by atoms with Crippen molar-refractivity contribution < 1.29 is 13.5 Å². The Morgan fingerprint density at radius 1 is 1.47 bits per heavy atom. The molecule has 0 spiro atoms. The summed E-state index contributed by atoms with van der Waals surface area (Å²) in [5, 5.41) is 9.99. The van der Waals surface area contributed by atoms with Crippen molar-refractivity contribution in [3.8, 4) is 5.75 Å². The van der Waals surface area contributed by atoms with Gasteiger partial charge in [0.2, 0.25) is 0 Å². The molecule has 0 aliphatic carbocycles. The average Bonchev–Trinajstić information content (AvgIpc) is 2.69. The highest BCUT2D eigenvalue weighted by molar-refractivity contribution is 7.90. The van der Waals surface area contributed by atoms with Crippen LogP contribution in [0.5, 0.6) is 5.75 Å². The van der Waals surface area contributed by atoms with Gasteiger partial charge < -0.3 is 10.8 Å². The summed E-state index contributed by atoms with van der Waals surface area (Å²) in [5.41, 5.74) is 6.36. The van der Waals surface area contributed by atoms with Gasteiger partial charge in [-0.3, -0.25) is 4.90 Å². The van der Waals surface area contributed by atoms with E-state index in [1.165, 1.54) is 18.4 Å². The molecule has 1 heterocycles. The van der Waals surface area contributed by atoms with Crippen molar-refractivity contribution in [2.24, 2.45) is 11.7 Å². The summed E-state index contributed by atoms with van der Waals surface area (Å²) in [6.07, 6.45) is 2.01. The van der Waals surface area contributed by atoms with Gasteiger partial charge in [-0.15, -0.1) is 0 Å². The number of aromatic hydroxyl groups is 1. The van der Waals surface area contributed by atoms with E-state index < -0.39 is 9.84 Å². The number of hydrogen-bond acceptors (Lipinski definition) is 5. The molecule has 2 atom stereocenters. The standard InChI is InChI=1S/C13H20N2O3S/c1-15-8-9(7-14)5-12(15)11-6-10(19(2,17)18)3-4-13(11)16/h3-4,6,9,12,16H,5,7-8,14H2,1-2H3. The molecule has 0 bridgehead atoms. The molecule has 6 heteroatoms. The lowest BCUT2D eigenvalue weighted by Gasteiger charge is -2.21. The molecule has 2 rings (SSSR count). The monoisotopic (exact) mass is 284 g/mol. The van der Waals surface area contributed by atoms with Crippen molar-refractivity contribution in [1.82, 2.24) is 4.90 Å². The van der Waals surface area contributed by atoms with Crippen LogP contribution in [0.1, 0.15) is 18.0 Å². The third kappa shape index (κ3) is 2.91. The first-order valence-electron chi connectivity index (χ1n) is 6.26. The van der Waals surface area contributed by atoms with Crippen LogP contribution < -0.4 is 5.73 Å². The molecule has 1 aliphatic rings. The van der Waals surface area contributed by atoms with E-state index in [1.54, 1.807) is 6.07 Å². The van der Waals surface area contributed by atoms with Gasteiger partial charge in [-0.05, 0) is 44.1 Å². The van der Waals surface area contributed by atoms with Gasteiger partial charge >= 0.3 is 0 Å². The maximum Gasteiger partial charge on any atom is 0.175 e. The number of hydrogen-bond donors (Lipinski definition) is 2. The molecule has 1 aliphatic heterocycles. The number of likely N-dealkylation sites (tertiary alicyclic amines) is 1. The highest BCUT2D eigenvalue weighted by Gasteiger charge is 2.31. The Kier molecular flexibility index (Phi) is 3.85. The maximum absolute atomic E-state index is 11.6. The SMILES string of the molecule is CN1CC(CN)CC1c1cc(S(C)(=O)=O)ccc1O. The Morgan fingerprint density at radius 3 is 2.68 bits per heavy atom. The quantitative estimate of drug-likeness (QED) is 0.855. The lowest BCUT2D eigenvalue weighted by Crippen LogP contribution is -2.20. The van der Waals surface area contributed by atoms with Crippen LogP contribution in [0.15, 0.2) is 23.1 Å². The van der Waals surface area contributed by atoms with Crippen molar-refractivity contribution in [3.05, 3.63) is 23.8 Å². The molecule has 1 saturated heterocycles. The van der Waals surface area contributed by atoms with E-state index in [0.29, 0.717) is 18.0 Å². The summed E-state index contributed by atoms with van der Waals surface area (Å²) in [4.78, 5) is 2.35. The first-order valence-corrected chi connectivity index (χ1v) is 8.15. The number of nitrogens with two attached hydrogens (primary N) is 1. The molecular weight excluding hydrogens is 264 g/mol. The van der Waals surface area contributed by atoms with E-state index in [2.05, 4.69) is 4.90 Å². The zero-order valence-electron chi connectivity index (χ0n) is 11.2. The van der Waals surface area contributed by atoms with Gasteiger partial charge in [0.1, 0.15) is 5.75 Å². The minimum Gasteiger partial charge on any atom is -0.508 e. The fourth-order valence-electron chi connectivity index (χ4n) is 2.67. The fourth-order valence-corrected chi connectivity index (χ4v) is 3.33. The molecular formula is C13H20N2O3S. The van der Waals surface area contributed by atoms with E-state index >= 15 is 0 Å². The van der Waals surface area contributed by atoms with Crippen molar-refractivity contribution in [2.45, 2.75) is 17.4 Å². The van der Waals surface area contributed by atoms with Crippen molar-refractivity contribution in [2.75, 3.05) is 26.4 Å². The fraction of sp³-hybridized carbons (Fsp3) is 0.538. The van der Waals surface area contributed by atoms with Crippen LogP contribution in [-0.2, 0) is 9.84 Å². The predicted octanol–water partition coefficient (Wildman–Crippen LogP) is 0.747. The average molecular weight is 284 g/mol. The topological polar surface area (TPSA) is 83.6 Å². The summed E-state index contributed by atoms with van der Waals surface area (Å²) in [5.74, 6) is 0.526. The molecule has 1 fully saturated rings. The number of phenols is 1. The van der Waals surface area contributed by atoms with E-state index in [0.717, 1.165) is 13.0 Å². The zero-order valence-corrected chi connectivity index (χ0v) is 12.0. The summed E-state index contributed by atoms with van der Waals surface area (Å²) >= 11 is 0. The van der Waals surface area contributed by atoms with Crippen LogP contribution in [0.2, 0.25) is 0 Å². The van der Waals surface area contributed by atoms with Gasteiger partial charge in [0, 0.05) is 24.4 Å². The van der Waals surface area contributed by atoms with Crippen LogP contribution in [0.25, 0.3) is 0 Å². The lowest BCUT2D eigenvalue weighted by molar-refractivity contribution is 0.305. The van der Waals surface area contributed by atoms with Crippen LogP contribution in [0.4, 0.5) is 0 Å². The Labute approximate surface area is 113 Å². The van der Waals surface area contributed by atoms with Gasteiger partial charge in [-0.1, -0.05) is 0 Å². The number of rotatable bonds is 3. The van der Waals surface area contributed by atoms with Crippen molar-refractivity contribution in [3.63, 3.8) is 0 Å². The highest BCUT2D eigenvalue weighted by atomic mass is 32.2. The molecule has 0 amide bonds. The van der Waals surface area contributed by atoms with E-state index in [1.807, 2.05) is 7.05 Å². The van der Waals surface area contributed by atoms with E-state index in [4.69, 9.17) is 5.73 Å². The molecule has 1 aromatic rings. The number of benzene rings is 1. The van der Waals surface area contributed by atoms with Crippen molar-refractivity contribution in [1.29, 1.82) is 0 Å². The van der Waals surface area contributed by atoms with E-state index in [9.17, 15) is 13.5 Å². The molecule has 0 aromatic heterocycles. The second kappa shape index (κ2) is 5.11. The highest BCUT2D eigenvalue weighted by Crippen LogP contribution is 2.38. The van der Waals surface area contributed by atoms with Crippen LogP contribution >= 0.6 is 0 Å². The van der Waals surface area contributed by atoms with Gasteiger partial charge in [0.15, 0.2) is 9.84 Å². The Morgan fingerprint density at radius 2 is 2.16 bits per heavy atom. The first-order chi connectivity index (χ1) is 8.82. The minimum absolute atomic E-state index is 0.0234. The summed E-state index contributed by atoms with van der Waals surface area (Å²) in [6.45, 7) is 1.47. The Balaban J connectivity index is 2.40. The molecule has 2 unspecified atom stereocenters. The lowest BCUT2D eigenvalue weighted by atomic mass is 9.99. The van der Waals surface area contributed by atoms with Crippen LogP contribution in [-0.4, -0.2) is 44.8 Å². The largest absolute Gasteiger partial charge is 0.508 e. The normalized spacial score (nSPS) is 24.8. The van der Waals surface area contributed by atoms with Crippen molar-refractivity contribution >= 4 is 9.84 Å². The van der Waals surface area contributed by atoms with Gasteiger partial charge in [-0.2, -0.15) is 0 Å². The third-order valence-electron chi connectivity index (χ3n) is 3.75. The first kappa shape index (κ1) is 14.3. The third-order valence-corrected chi connectivity index (χ3v) is 4.86. The molecule has 0 radical (unpaired) electrons. The molecule has 3 N–H and O–H groups in total. The Bertz CT molecular complexity index is 571.